The Bertz CT molecular complexity index is 456. The summed E-state index contributed by atoms with van der Waals surface area (Å²) in [5, 5.41) is 8.75. The maximum absolute atomic E-state index is 8.75. The second kappa shape index (κ2) is 6.21. The lowest BCUT2D eigenvalue weighted by atomic mass is 10.1. The molecule has 1 saturated heterocycles. The Morgan fingerprint density at radius 2 is 1.67 bits per heavy atom. The van der Waals surface area contributed by atoms with Gasteiger partial charge in [0.15, 0.2) is 0 Å². The molecule has 1 aliphatic heterocycles. The topological polar surface area (TPSA) is 30.3 Å². The molecule has 0 atom stereocenters. The zero-order valence-corrected chi connectivity index (χ0v) is 10.5. The number of rotatable bonds is 3. The van der Waals surface area contributed by atoms with Gasteiger partial charge in [-0.3, -0.25) is 9.80 Å². The summed E-state index contributed by atoms with van der Waals surface area (Å²) in [5.41, 5.74) is 1.98. The molecule has 18 heavy (non-hydrogen) atoms. The van der Waals surface area contributed by atoms with Crippen molar-refractivity contribution in [2.75, 3.05) is 32.7 Å². The molecule has 1 fully saturated rings. The monoisotopic (exact) mass is 239 g/mol. The number of hydrogen-bond acceptors (Lipinski definition) is 3. The molecule has 1 aromatic rings. The minimum atomic E-state index is 0.720. The summed E-state index contributed by atoms with van der Waals surface area (Å²) in [7, 11) is 0. The van der Waals surface area contributed by atoms with Crippen LogP contribution in [0.15, 0.2) is 24.3 Å². The van der Waals surface area contributed by atoms with Crippen LogP contribution in [0.3, 0.4) is 0 Å². The molecule has 0 aromatic heterocycles. The molecular weight excluding hydrogens is 222 g/mol. The van der Waals surface area contributed by atoms with Crippen LogP contribution in [0.2, 0.25) is 0 Å². The Hall–Kier alpha value is -1.81. The summed E-state index contributed by atoms with van der Waals surface area (Å²) in [4.78, 5) is 4.73. The van der Waals surface area contributed by atoms with Crippen molar-refractivity contribution in [1.82, 2.24) is 9.80 Å². The fourth-order valence-corrected chi connectivity index (χ4v) is 2.18. The zero-order valence-electron chi connectivity index (χ0n) is 10.5. The molecule has 1 aromatic carbocycles. The third kappa shape index (κ3) is 3.34. The molecule has 0 saturated carbocycles. The molecule has 92 valence electrons. The second-order valence-corrected chi connectivity index (χ2v) is 4.57. The van der Waals surface area contributed by atoms with Crippen LogP contribution in [0.5, 0.6) is 0 Å². The summed E-state index contributed by atoms with van der Waals surface area (Å²) >= 11 is 0. The fourth-order valence-electron chi connectivity index (χ4n) is 2.18. The first-order chi connectivity index (χ1) is 8.81. The third-order valence-electron chi connectivity index (χ3n) is 3.27. The van der Waals surface area contributed by atoms with Gasteiger partial charge in [-0.2, -0.15) is 5.26 Å². The van der Waals surface area contributed by atoms with Gasteiger partial charge in [-0.15, -0.1) is 6.42 Å². The van der Waals surface area contributed by atoms with E-state index < -0.39 is 0 Å². The van der Waals surface area contributed by atoms with Gasteiger partial charge in [0.2, 0.25) is 0 Å². The molecule has 1 heterocycles. The molecular formula is C15H17N3. The quantitative estimate of drug-likeness (QED) is 0.745. The van der Waals surface area contributed by atoms with Gasteiger partial charge in [0.1, 0.15) is 0 Å². The van der Waals surface area contributed by atoms with Crippen LogP contribution in [-0.2, 0) is 6.54 Å². The molecule has 3 heteroatoms. The van der Waals surface area contributed by atoms with Crippen LogP contribution in [0.1, 0.15) is 11.1 Å². The van der Waals surface area contributed by atoms with Crippen LogP contribution < -0.4 is 0 Å². The number of terminal acetylenes is 1. The van der Waals surface area contributed by atoms with E-state index in [4.69, 9.17) is 11.7 Å². The van der Waals surface area contributed by atoms with E-state index in [0.29, 0.717) is 0 Å². The first-order valence-electron chi connectivity index (χ1n) is 6.19. The van der Waals surface area contributed by atoms with Crippen LogP contribution in [0.25, 0.3) is 0 Å². The first kappa shape index (κ1) is 12.6. The first-order valence-corrected chi connectivity index (χ1v) is 6.19. The molecule has 0 amide bonds. The van der Waals surface area contributed by atoms with Gasteiger partial charge < -0.3 is 0 Å². The Balaban J connectivity index is 1.84. The highest BCUT2D eigenvalue weighted by molar-refractivity contribution is 5.31. The molecule has 0 spiro atoms. The van der Waals surface area contributed by atoms with Crippen LogP contribution in [-0.4, -0.2) is 42.5 Å². The molecule has 2 rings (SSSR count). The van der Waals surface area contributed by atoms with E-state index in [0.717, 1.165) is 44.8 Å². The molecule has 0 radical (unpaired) electrons. The lowest BCUT2D eigenvalue weighted by molar-refractivity contribution is 0.138. The number of hydrogen-bond donors (Lipinski definition) is 0. The highest BCUT2D eigenvalue weighted by atomic mass is 15.3. The average Bonchev–Trinajstić information content (AvgIpc) is 2.42. The Labute approximate surface area is 109 Å². The van der Waals surface area contributed by atoms with Gasteiger partial charge in [0.05, 0.1) is 18.2 Å². The normalized spacial score (nSPS) is 17.0. The third-order valence-corrected chi connectivity index (χ3v) is 3.27. The fraction of sp³-hybridized carbons (Fsp3) is 0.400. The molecule has 0 unspecified atom stereocenters. The predicted molar refractivity (Wildman–Crippen MR) is 71.7 cm³/mol. The van der Waals surface area contributed by atoms with Crippen molar-refractivity contribution in [2.45, 2.75) is 6.54 Å². The molecule has 0 aliphatic carbocycles. The van der Waals surface area contributed by atoms with Gasteiger partial charge in [-0.25, -0.2) is 0 Å². The number of benzene rings is 1. The van der Waals surface area contributed by atoms with Gasteiger partial charge in [-0.1, -0.05) is 18.1 Å². The Kier molecular flexibility index (Phi) is 4.36. The SMILES string of the molecule is C#CCN1CCN(Cc2ccc(C#N)cc2)CC1. The lowest BCUT2D eigenvalue weighted by Gasteiger charge is -2.33. The van der Waals surface area contributed by atoms with Gasteiger partial charge in [0, 0.05) is 32.7 Å². The van der Waals surface area contributed by atoms with E-state index in [1.54, 1.807) is 0 Å². The van der Waals surface area contributed by atoms with Crippen LogP contribution in [0.4, 0.5) is 0 Å². The van der Waals surface area contributed by atoms with Crippen molar-refractivity contribution in [3.8, 4) is 18.4 Å². The highest BCUT2D eigenvalue weighted by Crippen LogP contribution is 2.09. The highest BCUT2D eigenvalue weighted by Gasteiger charge is 2.15. The minimum Gasteiger partial charge on any atom is -0.297 e. The standard InChI is InChI=1S/C15H17N3/c1-2-7-17-8-10-18(11-9-17)13-15-5-3-14(12-16)4-6-15/h1,3-6H,7-11,13H2. The molecule has 1 aliphatic rings. The summed E-state index contributed by atoms with van der Waals surface area (Å²) in [6, 6.07) is 9.96. The number of piperazine rings is 1. The molecule has 3 nitrogen and oxygen atoms in total. The van der Waals surface area contributed by atoms with Crippen molar-refractivity contribution in [3.05, 3.63) is 35.4 Å². The van der Waals surface area contributed by atoms with Crippen molar-refractivity contribution < 1.29 is 0 Å². The number of nitriles is 1. The van der Waals surface area contributed by atoms with Crippen molar-refractivity contribution in [1.29, 1.82) is 5.26 Å². The summed E-state index contributed by atoms with van der Waals surface area (Å²) in [5.74, 6) is 2.69. The van der Waals surface area contributed by atoms with E-state index in [1.165, 1.54) is 5.56 Å². The smallest absolute Gasteiger partial charge is 0.0991 e. The van der Waals surface area contributed by atoms with Crippen LogP contribution >= 0.6 is 0 Å². The van der Waals surface area contributed by atoms with Gasteiger partial charge >= 0.3 is 0 Å². The van der Waals surface area contributed by atoms with Crippen molar-refractivity contribution in [3.63, 3.8) is 0 Å². The number of nitrogens with zero attached hydrogens (tertiary/aromatic N) is 3. The van der Waals surface area contributed by atoms with E-state index in [9.17, 15) is 0 Å². The Morgan fingerprint density at radius 1 is 1.06 bits per heavy atom. The largest absolute Gasteiger partial charge is 0.297 e. The summed E-state index contributed by atoms with van der Waals surface area (Å²) in [6.07, 6.45) is 5.31. The van der Waals surface area contributed by atoms with E-state index >= 15 is 0 Å². The second-order valence-electron chi connectivity index (χ2n) is 4.57. The van der Waals surface area contributed by atoms with Crippen molar-refractivity contribution in [2.24, 2.45) is 0 Å². The summed E-state index contributed by atoms with van der Waals surface area (Å²) < 4.78 is 0. The maximum atomic E-state index is 8.75. The minimum absolute atomic E-state index is 0.720. The van der Waals surface area contributed by atoms with E-state index in [-0.39, 0.29) is 0 Å². The van der Waals surface area contributed by atoms with E-state index in [2.05, 4.69) is 21.8 Å². The van der Waals surface area contributed by atoms with Crippen LogP contribution in [0, 0.1) is 23.7 Å². The zero-order chi connectivity index (χ0) is 12.8. The lowest BCUT2D eigenvalue weighted by Crippen LogP contribution is -2.45. The average molecular weight is 239 g/mol. The summed E-state index contributed by atoms with van der Waals surface area (Å²) in [6.45, 7) is 5.91. The molecule has 0 bridgehead atoms. The van der Waals surface area contributed by atoms with Gasteiger partial charge in [-0.05, 0) is 17.7 Å². The predicted octanol–water partition coefficient (Wildman–Crippen LogP) is 1.31. The van der Waals surface area contributed by atoms with Crippen molar-refractivity contribution >= 4 is 0 Å². The van der Waals surface area contributed by atoms with Gasteiger partial charge in [0.25, 0.3) is 0 Å². The maximum Gasteiger partial charge on any atom is 0.0991 e. The molecule has 0 N–H and O–H groups in total. The van der Waals surface area contributed by atoms with E-state index in [1.807, 2.05) is 24.3 Å². The Morgan fingerprint density at radius 3 is 2.22 bits per heavy atom.